The fraction of sp³-hybridized carbons (Fsp3) is 0.500. The summed E-state index contributed by atoms with van der Waals surface area (Å²) in [6.07, 6.45) is 1.12. The van der Waals surface area contributed by atoms with Gasteiger partial charge in [-0.2, -0.15) is 0 Å². The van der Waals surface area contributed by atoms with Crippen LogP contribution in [0.2, 0.25) is 0 Å². The van der Waals surface area contributed by atoms with Gasteiger partial charge in [0, 0.05) is 30.9 Å². The van der Waals surface area contributed by atoms with Crippen LogP contribution >= 0.6 is 0 Å². The Morgan fingerprint density at radius 1 is 1.26 bits per heavy atom. The van der Waals surface area contributed by atoms with Crippen LogP contribution in [-0.2, 0) is 0 Å². The highest BCUT2D eigenvalue weighted by atomic mass is 16.4. The van der Waals surface area contributed by atoms with Crippen LogP contribution in [0.4, 0.5) is 5.69 Å². The molecule has 0 amide bonds. The SMILES string of the molecule is Cc1ccc(N2CCCN(C)CC2)c(/C(N)=N/O)c1. The molecule has 0 saturated carbocycles. The lowest BCUT2D eigenvalue weighted by molar-refractivity contribution is 0.318. The molecule has 1 fully saturated rings. The maximum absolute atomic E-state index is 8.94. The highest BCUT2D eigenvalue weighted by Gasteiger charge is 2.17. The standard InChI is InChI=1S/C14H22N4O/c1-11-4-5-13(12(10-11)14(15)16-19)18-7-3-6-17(2)8-9-18/h4-5,10,19H,3,6-9H2,1-2H3,(H2,15,16). The molecular weight excluding hydrogens is 240 g/mol. The van der Waals surface area contributed by atoms with Crippen molar-refractivity contribution in [2.24, 2.45) is 10.9 Å². The van der Waals surface area contributed by atoms with Crippen LogP contribution in [0.3, 0.4) is 0 Å². The maximum atomic E-state index is 8.94. The third kappa shape index (κ3) is 3.17. The molecular formula is C14H22N4O. The van der Waals surface area contributed by atoms with E-state index in [0.717, 1.165) is 49.4 Å². The zero-order valence-corrected chi connectivity index (χ0v) is 11.6. The van der Waals surface area contributed by atoms with Crippen molar-refractivity contribution in [2.75, 3.05) is 38.1 Å². The molecule has 1 aromatic rings. The number of likely N-dealkylation sites (N-methyl/N-ethyl adjacent to an activating group) is 1. The zero-order valence-electron chi connectivity index (χ0n) is 11.6. The summed E-state index contributed by atoms with van der Waals surface area (Å²) in [5.41, 5.74) is 8.77. The Morgan fingerprint density at radius 3 is 2.79 bits per heavy atom. The van der Waals surface area contributed by atoms with Gasteiger partial charge in [0.2, 0.25) is 0 Å². The van der Waals surface area contributed by atoms with Crippen LogP contribution < -0.4 is 10.6 Å². The second kappa shape index (κ2) is 5.93. The lowest BCUT2D eigenvalue weighted by Crippen LogP contribution is -2.30. The average molecular weight is 262 g/mol. The Hall–Kier alpha value is -1.75. The van der Waals surface area contributed by atoms with E-state index in [2.05, 4.69) is 34.1 Å². The highest BCUT2D eigenvalue weighted by Crippen LogP contribution is 2.23. The number of amidine groups is 1. The quantitative estimate of drug-likeness (QED) is 0.364. The number of anilines is 1. The smallest absolute Gasteiger partial charge is 0.172 e. The second-order valence-corrected chi connectivity index (χ2v) is 5.15. The number of nitrogens with zero attached hydrogens (tertiary/aromatic N) is 3. The molecule has 0 spiro atoms. The predicted octanol–water partition coefficient (Wildman–Crippen LogP) is 1.23. The van der Waals surface area contributed by atoms with Gasteiger partial charge in [0.1, 0.15) is 0 Å². The fourth-order valence-electron chi connectivity index (χ4n) is 2.47. The fourth-order valence-corrected chi connectivity index (χ4v) is 2.47. The molecule has 5 nitrogen and oxygen atoms in total. The molecule has 0 aliphatic carbocycles. The molecule has 0 aromatic heterocycles. The van der Waals surface area contributed by atoms with Gasteiger partial charge in [-0.25, -0.2) is 0 Å². The molecule has 19 heavy (non-hydrogen) atoms. The van der Waals surface area contributed by atoms with Crippen LogP contribution in [0, 0.1) is 6.92 Å². The van der Waals surface area contributed by atoms with Gasteiger partial charge in [0.25, 0.3) is 0 Å². The minimum absolute atomic E-state index is 0.177. The molecule has 104 valence electrons. The van der Waals surface area contributed by atoms with Crippen molar-refractivity contribution in [1.82, 2.24) is 4.90 Å². The van der Waals surface area contributed by atoms with E-state index >= 15 is 0 Å². The number of hydrogen-bond acceptors (Lipinski definition) is 4. The first-order valence-electron chi connectivity index (χ1n) is 6.64. The third-order valence-electron chi connectivity index (χ3n) is 3.60. The molecule has 5 heteroatoms. The largest absolute Gasteiger partial charge is 0.409 e. The second-order valence-electron chi connectivity index (χ2n) is 5.15. The van der Waals surface area contributed by atoms with Crippen LogP contribution in [0.1, 0.15) is 17.5 Å². The maximum Gasteiger partial charge on any atom is 0.172 e. The Bertz CT molecular complexity index is 473. The molecule has 1 heterocycles. The van der Waals surface area contributed by atoms with Gasteiger partial charge in [-0.15, -0.1) is 0 Å². The number of rotatable bonds is 2. The first kappa shape index (κ1) is 13.7. The minimum Gasteiger partial charge on any atom is -0.409 e. The molecule has 1 aliphatic rings. The van der Waals surface area contributed by atoms with Crippen molar-refractivity contribution in [3.8, 4) is 0 Å². The van der Waals surface area contributed by atoms with Gasteiger partial charge in [0.15, 0.2) is 5.84 Å². The van der Waals surface area contributed by atoms with E-state index in [0.29, 0.717) is 0 Å². The van der Waals surface area contributed by atoms with Gasteiger partial charge < -0.3 is 20.7 Å². The molecule has 3 N–H and O–H groups in total. The van der Waals surface area contributed by atoms with Crippen molar-refractivity contribution < 1.29 is 5.21 Å². The summed E-state index contributed by atoms with van der Waals surface area (Å²) >= 11 is 0. The normalized spacial score (nSPS) is 18.4. The van der Waals surface area contributed by atoms with Crippen LogP contribution in [0.15, 0.2) is 23.4 Å². The third-order valence-corrected chi connectivity index (χ3v) is 3.60. The number of aryl methyl sites for hydroxylation is 1. The molecule has 1 saturated heterocycles. The summed E-state index contributed by atoms with van der Waals surface area (Å²) < 4.78 is 0. The van der Waals surface area contributed by atoms with Gasteiger partial charge in [0.05, 0.1) is 0 Å². The minimum atomic E-state index is 0.177. The molecule has 1 aliphatic heterocycles. The highest BCUT2D eigenvalue weighted by molar-refractivity contribution is 6.02. The molecule has 0 radical (unpaired) electrons. The van der Waals surface area contributed by atoms with E-state index in [4.69, 9.17) is 10.9 Å². The first-order chi connectivity index (χ1) is 9.11. The van der Waals surface area contributed by atoms with E-state index in [1.165, 1.54) is 0 Å². The van der Waals surface area contributed by atoms with Crippen molar-refractivity contribution in [1.29, 1.82) is 0 Å². The Balaban J connectivity index is 2.33. The molecule has 2 rings (SSSR count). The van der Waals surface area contributed by atoms with Crippen molar-refractivity contribution in [3.05, 3.63) is 29.3 Å². The number of oxime groups is 1. The van der Waals surface area contributed by atoms with Crippen molar-refractivity contribution in [3.63, 3.8) is 0 Å². The average Bonchev–Trinajstić information content (AvgIpc) is 2.62. The predicted molar refractivity (Wildman–Crippen MR) is 78.0 cm³/mol. The Kier molecular flexibility index (Phi) is 4.27. The van der Waals surface area contributed by atoms with Gasteiger partial charge >= 0.3 is 0 Å². The van der Waals surface area contributed by atoms with Crippen LogP contribution in [0.25, 0.3) is 0 Å². The van der Waals surface area contributed by atoms with E-state index < -0.39 is 0 Å². The van der Waals surface area contributed by atoms with Gasteiger partial charge in [-0.05, 0) is 39.1 Å². The van der Waals surface area contributed by atoms with Crippen LogP contribution in [-0.4, -0.2) is 49.2 Å². The first-order valence-corrected chi connectivity index (χ1v) is 6.64. The topological polar surface area (TPSA) is 65.1 Å². The summed E-state index contributed by atoms with van der Waals surface area (Å²) in [6, 6.07) is 6.10. The summed E-state index contributed by atoms with van der Waals surface area (Å²) in [5, 5.41) is 12.1. The van der Waals surface area contributed by atoms with Crippen molar-refractivity contribution >= 4 is 11.5 Å². The molecule has 0 unspecified atom stereocenters. The van der Waals surface area contributed by atoms with Crippen LogP contribution in [0.5, 0.6) is 0 Å². The number of benzene rings is 1. The molecule has 0 atom stereocenters. The van der Waals surface area contributed by atoms with Crippen molar-refractivity contribution in [2.45, 2.75) is 13.3 Å². The monoisotopic (exact) mass is 262 g/mol. The summed E-state index contributed by atoms with van der Waals surface area (Å²) in [6.45, 7) is 6.11. The van der Waals surface area contributed by atoms with E-state index in [1.54, 1.807) is 0 Å². The van der Waals surface area contributed by atoms with Gasteiger partial charge in [-0.3, -0.25) is 0 Å². The number of hydrogen-bond donors (Lipinski definition) is 2. The Morgan fingerprint density at radius 2 is 2.05 bits per heavy atom. The summed E-state index contributed by atoms with van der Waals surface area (Å²) in [5.74, 6) is 0.177. The van der Waals surface area contributed by atoms with Gasteiger partial charge in [-0.1, -0.05) is 16.8 Å². The van der Waals surface area contributed by atoms with E-state index in [1.807, 2.05) is 13.0 Å². The molecule has 1 aromatic carbocycles. The van der Waals surface area contributed by atoms with E-state index in [-0.39, 0.29) is 5.84 Å². The lowest BCUT2D eigenvalue weighted by atomic mass is 10.1. The number of nitrogens with two attached hydrogens (primary N) is 1. The Labute approximate surface area is 114 Å². The summed E-state index contributed by atoms with van der Waals surface area (Å²) in [7, 11) is 2.14. The van der Waals surface area contributed by atoms with E-state index in [9.17, 15) is 0 Å². The molecule has 0 bridgehead atoms. The summed E-state index contributed by atoms with van der Waals surface area (Å²) in [4.78, 5) is 4.65. The lowest BCUT2D eigenvalue weighted by Gasteiger charge is -2.25. The zero-order chi connectivity index (χ0) is 13.8.